The first-order valence-electron chi connectivity index (χ1n) is 8.80. The average Bonchev–Trinajstić information content (AvgIpc) is 3.18. The van der Waals surface area contributed by atoms with E-state index in [1.54, 1.807) is 19.9 Å². The second kappa shape index (κ2) is 6.90. The van der Waals surface area contributed by atoms with Gasteiger partial charge in [-0.25, -0.2) is 9.59 Å². The third kappa shape index (κ3) is 3.12. The van der Waals surface area contributed by atoms with E-state index in [-0.39, 0.29) is 25.2 Å². The van der Waals surface area contributed by atoms with E-state index >= 15 is 0 Å². The molecule has 2 saturated heterocycles. The van der Waals surface area contributed by atoms with Crippen LogP contribution in [0.15, 0.2) is 23.3 Å². The first-order chi connectivity index (χ1) is 11.9. The molecule has 2 fully saturated rings. The number of allylic oxidation sites excluding steroid dienone is 1. The Hall–Kier alpha value is -1.70. The highest BCUT2D eigenvalue weighted by atomic mass is 16.6. The normalized spacial score (nSPS) is 40.6. The molecule has 3 aliphatic rings. The third-order valence-electron chi connectivity index (χ3n) is 5.76. The molecule has 7 nitrogen and oxygen atoms in total. The van der Waals surface area contributed by atoms with Crippen molar-refractivity contribution >= 4 is 11.9 Å². The van der Waals surface area contributed by atoms with Crippen molar-refractivity contribution in [1.82, 2.24) is 0 Å². The number of aliphatic hydroxyl groups is 2. The lowest BCUT2D eigenvalue weighted by atomic mass is 9.84. The Balaban J connectivity index is 1.93. The smallest absolute Gasteiger partial charge is 0.341 e. The van der Waals surface area contributed by atoms with Crippen molar-refractivity contribution in [1.29, 1.82) is 0 Å². The number of nitrogens with one attached hydrogen (secondary N) is 1. The van der Waals surface area contributed by atoms with E-state index in [0.29, 0.717) is 5.57 Å². The second-order valence-corrected chi connectivity index (χ2v) is 7.18. The molecule has 3 heterocycles. The van der Waals surface area contributed by atoms with Gasteiger partial charge in [-0.1, -0.05) is 13.0 Å². The van der Waals surface area contributed by atoms with Crippen molar-refractivity contribution in [2.45, 2.75) is 44.4 Å². The number of rotatable bonds is 1. The van der Waals surface area contributed by atoms with Crippen LogP contribution in [0, 0.1) is 5.92 Å². The van der Waals surface area contributed by atoms with Gasteiger partial charge in [0.15, 0.2) is 17.7 Å². The van der Waals surface area contributed by atoms with E-state index in [1.807, 2.05) is 6.08 Å². The van der Waals surface area contributed by atoms with Crippen LogP contribution >= 0.6 is 0 Å². The fraction of sp³-hybridized carbons (Fsp3) is 0.667. The summed E-state index contributed by atoms with van der Waals surface area (Å²) < 4.78 is 11.1. The highest BCUT2D eigenvalue weighted by Crippen LogP contribution is 2.29. The van der Waals surface area contributed by atoms with Crippen LogP contribution in [-0.2, 0) is 19.1 Å². The molecule has 0 saturated carbocycles. The van der Waals surface area contributed by atoms with E-state index in [9.17, 15) is 19.8 Å². The molecule has 0 bridgehead atoms. The van der Waals surface area contributed by atoms with Gasteiger partial charge < -0.3 is 24.6 Å². The number of hydrogen-bond acceptors (Lipinski definition) is 6. The summed E-state index contributed by atoms with van der Waals surface area (Å²) in [5.74, 6) is -1.96. The number of esters is 2. The molecule has 0 amide bonds. The summed E-state index contributed by atoms with van der Waals surface area (Å²) in [6, 6.07) is -0.00562. The molecule has 3 rings (SSSR count). The van der Waals surface area contributed by atoms with Gasteiger partial charge in [-0.3, -0.25) is 0 Å². The monoisotopic (exact) mass is 352 g/mol. The van der Waals surface area contributed by atoms with Gasteiger partial charge >= 0.3 is 11.9 Å². The quantitative estimate of drug-likeness (QED) is 0.310. The molecule has 1 unspecified atom stereocenters. The lowest BCUT2D eigenvalue weighted by molar-refractivity contribution is -0.896. The van der Waals surface area contributed by atoms with Gasteiger partial charge in [0.1, 0.15) is 6.61 Å². The van der Waals surface area contributed by atoms with Crippen LogP contribution in [0.3, 0.4) is 0 Å². The minimum Gasteiger partial charge on any atom is -0.459 e. The SMILES string of the molecule is C/C=C1/C[C@H](C)[C@@](O)(CO)C(=O)OCC2=CC[NH+]3CC[C@@H](OC1=O)[C@H]23. The largest absolute Gasteiger partial charge is 0.459 e. The van der Waals surface area contributed by atoms with E-state index in [0.717, 1.165) is 25.1 Å². The maximum absolute atomic E-state index is 12.6. The molecule has 25 heavy (non-hydrogen) atoms. The van der Waals surface area contributed by atoms with Gasteiger partial charge in [0.05, 0.1) is 19.7 Å². The fourth-order valence-electron chi connectivity index (χ4n) is 4.03. The van der Waals surface area contributed by atoms with Gasteiger partial charge in [0.25, 0.3) is 0 Å². The molecule has 0 aromatic rings. The molecule has 0 aliphatic carbocycles. The van der Waals surface area contributed by atoms with Crippen LogP contribution in [0.2, 0.25) is 0 Å². The predicted molar refractivity (Wildman–Crippen MR) is 87.6 cm³/mol. The summed E-state index contributed by atoms with van der Waals surface area (Å²) in [5.41, 5.74) is -0.743. The lowest BCUT2D eigenvalue weighted by Crippen LogP contribution is -3.12. The van der Waals surface area contributed by atoms with Crippen molar-refractivity contribution in [2.24, 2.45) is 5.92 Å². The summed E-state index contributed by atoms with van der Waals surface area (Å²) >= 11 is 0. The van der Waals surface area contributed by atoms with Gasteiger partial charge in [0, 0.05) is 23.5 Å². The zero-order valence-electron chi connectivity index (χ0n) is 14.7. The molecule has 7 heteroatoms. The number of ether oxygens (including phenoxy) is 2. The van der Waals surface area contributed by atoms with E-state index in [2.05, 4.69) is 0 Å². The van der Waals surface area contributed by atoms with Crippen LogP contribution in [0.5, 0.6) is 0 Å². The van der Waals surface area contributed by atoms with Gasteiger partial charge in [-0.05, 0) is 19.4 Å². The highest BCUT2D eigenvalue weighted by molar-refractivity contribution is 5.89. The topological polar surface area (TPSA) is 97.5 Å². The Labute approximate surface area is 146 Å². The number of carbonyl (C=O) groups is 2. The Morgan fingerprint density at radius 2 is 2.20 bits per heavy atom. The molecule has 0 aromatic heterocycles. The standard InChI is InChI=1S/C18H25NO6/c1-3-12-8-11(2)18(23,10-20)17(22)24-9-13-4-6-19-7-5-14(15(13)19)25-16(12)21/h3-4,11,14-15,20,23H,5-10H2,1-2H3/p+1/b12-3-/t11-,14+,15-,18-/m0/s1. The molecule has 3 aliphatic heterocycles. The van der Waals surface area contributed by atoms with E-state index in [1.165, 1.54) is 4.90 Å². The number of carbonyl (C=O) groups excluding carboxylic acids is 2. The third-order valence-corrected chi connectivity index (χ3v) is 5.76. The minimum atomic E-state index is -2.05. The summed E-state index contributed by atoms with van der Waals surface area (Å²) in [7, 11) is 0. The first kappa shape index (κ1) is 18.1. The molecule has 3 N–H and O–H groups in total. The van der Waals surface area contributed by atoms with Crippen LogP contribution in [0.25, 0.3) is 0 Å². The Bertz CT molecular complexity index is 627. The number of aliphatic hydroxyl groups excluding tert-OH is 1. The Kier molecular flexibility index (Phi) is 4.99. The van der Waals surface area contributed by atoms with Gasteiger partial charge in [0.2, 0.25) is 0 Å². The summed E-state index contributed by atoms with van der Waals surface area (Å²) in [6.07, 6.45) is 4.33. The zero-order valence-corrected chi connectivity index (χ0v) is 14.7. The summed E-state index contributed by atoms with van der Waals surface area (Å²) in [4.78, 5) is 26.3. The summed E-state index contributed by atoms with van der Waals surface area (Å²) in [6.45, 7) is 4.33. The number of quaternary nitrogens is 1. The Morgan fingerprint density at radius 1 is 1.44 bits per heavy atom. The van der Waals surface area contributed by atoms with Crippen molar-refractivity contribution in [3.05, 3.63) is 23.3 Å². The van der Waals surface area contributed by atoms with Gasteiger partial charge in [-0.2, -0.15) is 0 Å². The van der Waals surface area contributed by atoms with Crippen LogP contribution < -0.4 is 4.90 Å². The van der Waals surface area contributed by atoms with Crippen molar-refractivity contribution in [3.8, 4) is 0 Å². The van der Waals surface area contributed by atoms with Crippen molar-refractivity contribution in [2.75, 3.05) is 26.3 Å². The molecular formula is C18H26NO6+. The maximum Gasteiger partial charge on any atom is 0.341 e. The highest BCUT2D eigenvalue weighted by Gasteiger charge is 2.49. The lowest BCUT2D eigenvalue weighted by Gasteiger charge is -2.31. The molecule has 138 valence electrons. The van der Waals surface area contributed by atoms with Crippen molar-refractivity contribution in [3.63, 3.8) is 0 Å². The van der Waals surface area contributed by atoms with Crippen LogP contribution in [-0.4, -0.2) is 66.2 Å². The van der Waals surface area contributed by atoms with E-state index in [4.69, 9.17) is 9.47 Å². The average molecular weight is 352 g/mol. The van der Waals surface area contributed by atoms with Gasteiger partial charge in [-0.15, -0.1) is 0 Å². The predicted octanol–water partition coefficient (Wildman–Crippen LogP) is -1.25. The molecule has 5 atom stereocenters. The second-order valence-electron chi connectivity index (χ2n) is 7.18. The molecule has 0 spiro atoms. The molecule has 0 radical (unpaired) electrons. The number of cyclic esters (lactones) is 1. The van der Waals surface area contributed by atoms with E-state index < -0.39 is 30.1 Å². The maximum atomic E-state index is 12.6. The van der Waals surface area contributed by atoms with Crippen LogP contribution in [0.1, 0.15) is 26.7 Å². The minimum absolute atomic E-state index is 0.00562. The Morgan fingerprint density at radius 3 is 2.88 bits per heavy atom. The number of hydrogen-bond donors (Lipinski definition) is 3. The first-order valence-corrected chi connectivity index (χ1v) is 8.80. The molecular weight excluding hydrogens is 326 g/mol. The van der Waals surface area contributed by atoms with Crippen molar-refractivity contribution < 1.29 is 34.2 Å². The zero-order chi connectivity index (χ0) is 18.2. The molecule has 0 aromatic carbocycles. The summed E-state index contributed by atoms with van der Waals surface area (Å²) in [5, 5.41) is 20.2. The van der Waals surface area contributed by atoms with Crippen LogP contribution in [0.4, 0.5) is 0 Å². The fourth-order valence-corrected chi connectivity index (χ4v) is 4.03.